The SMILES string of the molecule is Cn1c2ccc(-c3ccc4c(c3)C(C)(C)c3c[c-]ccc3-4)cc2c2ccc3ccccc3c21.[Y]. The number of aryl methyl sites for hydroxylation is 1. The topological polar surface area (TPSA) is 4.93 Å². The van der Waals surface area contributed by atoms with Crippen molar-refractivity contribution in [2.45, 2.75) is 19.3 Å². The molecular formula is C32H24NY-. The van der Waals surface area contributed by atoms with Crippen molar-refractivity contribution in [3.05, 3.63) is 108 Å². The van der Waals surface area contributed by atoms with E-state index in [9.17, 15) is 0 Å². The second-order valence-corrected chi connectivity index (χ2v) is 9.83. The Labute approximate surface area is 225 Å². The van der Waals surface area contributed by atoms with E-state index in [1.807, 2.05) is 6.07 Å². The van der Waals surface area contributed by atoms with Gasteiger partial charge in [-0.15, -0.1) is 11.1 Å². The van der Waals surface area contributed by atoms with E-state index in [-0.39, 0.29) is 38.1 Å². The van der Waals surface area contributed by atoms with Crippen LogP contribution in [-0.2, 0) is 45.2 Å². The summed E-state index contributed by atoms with van der Waals surface area (Å²) in [5.41, 5.74) is 10.6. The number of hydrogen-bond donors (Lipinski definition) is 0. The summed E-state index contributed by atoms with van der Waals surface area (Å²) in [6.07, 6.45) is 0. The van der Waals surface area contributed by atoms with E-state index in [4.69, 9.17) is 0 Å². The summed E-state index contributed by atoms with van der Waals surface area (Å²) in [5.74, 6) is 0. The molecule has 0 bridgehead atoms. The fourth-order valence-electron chi connectivity index (χ4n) is 5.98. The van der Waals surface area contributed by atoms with Crippen LogP contribution in [0.5, 0.6) is 0 Å². The van der Waals surface area contributed by atoms with E-state index in [1.54, 1.807) is 0 Å². The van der Waals surface area contributed by atoms with Gasteiger partial charge in [0.15, 0.2) is 0 Å². The molecule has 1 aliphatic rings. The third-order valence-corrected chi connectivity index (χ3v) is 7.74. The molecule has 161 valence electrons. The van der Waals surface area contributed by atoms with Gasteiger partial charge in [-0.05, 0) is 45.2 Å². The van der Waals surface area contributed by atoms with Gasteiger partial charge in [0.2, 0.25) is 0 Å². The van der Waals surface area contributed by atoms with Crippen molar-refractivity contribution in [2.75, 3.05) is 0 Å². The Morgan fingerprint density at radius 3 is 2.35 bits per heavy atom. The van der Waals surface area contributed by atoms with E-state index in [2.05, 4.69) is 116 Å². The maximum absolute atomic E-state index is 3.28. The van der Waals surface area contributed by atoms with Crippen LogP contribution in [0.1, 0.15) is 25.0 Å². The zero-order chi connectivity index (χ0) is 22.3. The van der Waals surface area contributed by atoms with Crippen LogP contribution in [0.15, 0.2) is 91.0 Å². The molecule has 1 aromatic heterocycles. The van der Waals surface area contributed by atoms with Crippen molar-refractivity contribution in [2.24, 2.45) is 7.05 Å². The normalized spacial score (nSPS) is 13.7. The molecule has 0 fully saturated rings. The van der Waals surface area contributed by atoms with Crippen molar-refractivity contribution >= 4 is 32.6 Å². The van der Waals surface area contributed by atoms with E-state index in [0.29, 0.717) is 0 Å². The van der Waals surface area contributed by atoms with Crippen molar-refractivity contribution < 1.29 is 32.7 Å². The minimum Gasteiger partial charge on any atom is -0.343 e. The van der Waals surface area contributed by atoms with Gasteiger partial charge in [0.1, 0.15) is 0 Å². The van der Waals surface area contributed by atoms with Crippen molar-refractivity contribution in [1.82, 2.24) is 4.57 Å². The molecule has 0 amide bonds. The summed E-state index contributed by atoms with van der Waals surface area (Å²) in [5, 5.41) is 5.23. The third-order valence-electron chi connectivity index (χ3n) is 7.74. The monoisotopic (exact) mass is 511 g/mol. The molecular weight excluding hydrogens is 487 g/mol. The molecule has 5 aromatic carbocycles. The largest absolute Gasteiger partial charge is 0.343 e. The van der Waals surface area contributed by atoms with Gasteiger partial charge in [-0.1, -0.05) is 74.5 Å². The molecule has 0 atom stereocenters. The Balaban J connectivity index is 0.00000217. The molecule has 0 aliphatic heterocycles. The number of nitrogens with zero attached hydrogens (tertiary/aromatic N) is 1. The van der Waals surface area contributed by atoms with E-state index >= 15 is 0 Å². The summed E-state index contributed by atoms with van der Waals surface area (Å²) >= 11 is 0. The number of aromatic nitrogens is 1. The molecule has 0 saturated heterocycles. The Morgan fingerprint density at radius 2 is 1.47 bits per heavy atom. The first-order valence-electron chi connectivity index (χ1n) is 11.6. The van der Waals surface area contributed by atoms with Crippen LogP contribution in [0.4, 0.5) is 0 Å². The Morgan fingerprint density at radius 1 is 0.706 bits per heavy atom. The molecule has 1 aliphatic carbocycles. The first kappa shape index (κ1) is 21.8. The Bertz CT molecular complexity index is 1750. The van der Waals surface area contributed by atoms with Gasteiger partial charge in [0.05, 0.1) is 5.52 Å². The van der Waals surface area contributed by atoms with Crippen LogP contribution >= 0.6 is 0 Å². The summed E-state index contributed by atoms with van der Waals surface area (Å²) < 4.78 is 2.34. The number of fused-ring (bicyclic) bond motifs is 8. The first-order valence-corrected chi connectivity index (χ1v) is 11.6. The average Bonchev–Trinajstić information content (AvgIpc) is 3.27. The van der Waals surface area contributed by atoms with E-state index < -0.39 is 0 Å². The maximum Gasteiger partial charge on any atom is 0.0568 e. The number of benzene rings is 5. The minimum absolute atomic E-state index is 0. The summed E-state index contributed by atoms with van der Waals surface area (Å²) in [6, 6.07) is 36.8. The van der Waals surface area contributed by atoms with Gasteiger partial charge in [0, 0.05) is 61.4 Å². The molecule has 6 aromatic rings. The van der Waals surface area contributed by atoms with Gasteiger partial charge in [-0.2, -0.15) is 24.3 Å². The van der Waals surface area contributed by atoms with Crippen molar-refractivity contribution in [1.29, 1.82) is 0 Å². The van der Waals surface area contributed by atoms with Gasteiger partial charge in [-0.3, -0.25) is 0 Å². The molecule has 1 nitrogen and oxygen atoms in total. The van der Waals surface area contributed by atoms with Crippen molar-refractivity contribution in [3.8, 4) is 22.3 Å². The molecule has 0 saturated carbocycles. The van der Waals surface area contributed by atoms with Crippen molar-refractivity contribution in [3.63, 3.8) is 0 Å². The molecule has 0 N–H and O–H groups in total. The van der Waals surface area contributed by atoms with E-state index in [1.165, 1.54) is 66.0 Å². The molecule has 0 spiro atoms. The van der Waals surface area contributed by atoms with Gasteiger partial charge >= 0.3 is 0 Å². The first-order chi connectivity index (χ1) is 16.0. The quantitative estimate of drug-likeness (QED) is 0.196. The standard InChI is InChI=1S/C32H24N.Y/c1-32(2)28-11-7-6-10-24(28)25-15-13-22(19-29(25)32)21-14-17-30-27(18-21)26-16-12-20-8-4-5-9-23(20)31(26)33(30)3;/h4-6,8-19H,1-3H3;/q-1;. The summed E-state index contributed by atoms with van der Waals surface area (Å²) in [4.78, 5) is 0. The third kappa shape index (κ3) is 2.87. The second kappa shape index (κ2) is 7.63. The smallest absolute Gasteiger partial charge is 0.0568 e. The van der Waals surface area contributed by atoms with Crippen LogP contribution in [0, 0.1) is 6.07 Å². The molecule has 1 heterocycles. The van der Waals surface area contributed by atoms with Crippen LogP contribution in [0.2, 0.25) is 0 Å². The molecule has 2 heteroatoms. The predicted octanol–water partition coefficient (Wildman–Crippen LogP) is 8.26. The molecule has 7 rings (SSSR count). The predicted molar refractivity (Wildman–Crippen MR) is 140 cm³/mol. The molecule has 34 heavy (non-hydrogen) atoms. The number of rotatable bonds is 1. The minimum atomic E-state index is -0.0130. The number of hydrogen-bond acceptors (Lipinski definition) is 0. The fourth-order valence-corrected chi connectivity index (χ4v) is 5.98. The van der Waals surface area contributed by atoms with Crippen LogP contribution in [0.25, 0.3) is 54.8 Å². The summed E-state index contributed by atoms with van der Waals surface area (Å²) in [6.45, 7) is 4.66. The van der Waals surface area contributed by atoms with E-state index in [0.717, 1.165) is 0 Å². The van der Waals surface area contributed by atoms with Gasteiger partial charge < -0.3 is 4.57 Å². The maximum atomic E-state index is 3.28. The average molecular weight is 511 g/mol. The van der Waals surface area contributed by atoms with Gasteiger partial charge in [0.25, 0.3) is 0 Å². The Kier molecular flexibility index (Phi) is 4.89. The van der Waals surface area contributed by atoms with Crippen LogP contribution in [0.3, 0.4) is 0 Å². The summed E-state index contributed by atoms with van der Waals surface area (Å²) in [7, 11) is 2.18. The van der Waals surface area contributed by atoms with Gasteiger partial charge in [-0.25, -0.2) is 0 Å². The fraction of sp³-hybridized carbons (Fsp3) is 0.125. The van der Waals surface area contributed by atoms with Crippen LogP contribution < -0.4 is 0 Å². The Hall–Kier alpha value is -2.74. The molecule has 1 radical (unpaired) electrons. The second-order valence-electron chi connectivity index (χ2n) is 9.83. The zero-order valence-electron chi connectivity index (χ0n) is 19.7. The zero-order valence-corrected chi connectivity index (χ0v) is 22.5. The molecule has 0 unspecified atom stereocenters. The van der Waals surface area contributed by atoms with Crippen LogP contribution in [-0.4, -0.2) is 4.57 Å².